The van der Waals surface area contributed by atoms with Gasteiger partial charge in [0, 0.05) is 22.9 Å². The van der Waals surface area contributed by atoms with E-state index < -0.39 is 5.97 Å². The summed E-state index contributed by atoms with van der Waals surface area (Å²) >= 11 is 0. The summed E-state index contributed by atoms with van der Waals surface area (Å²) in [6.07, 6.45) is 6.18. The molecule has 2 aromatic heterocycles. The Morgan fingerprint density at radius 2 is 1.76 bits per heavy atom. The van der Waals surface area contributed by atoms with Gasteiger partial charge in [0.1, 0.15) is 11.6 Å². The van der Waals surface area contributed by atoms with Gasteiger partial charge in [0.2, 0.25) is 0 Å². The van der Waals surface area contributed by atoms with Gasteiger partial charge >= 0.3 is 5.97 Å². The van der Waals surface area contributed by atoms with Crippen molar-refractivity contribution in [2.45, 2.75) is 38.6 Å². The molecule has 1 aliphatic carbocycles. The second-order valence-corrected chi connectivity index (χ2v) is 9.04. The number of nitrogens with one attached hydrogen (secondary N) is 1. The standard InChI is InChI=1S/C26H27N5O3/c1-15(32)22-23(17-7-9-18(10-8-17)26(33)34)30-25-20(14-29-31(25)24(22)27)19-11-12-21(28-13-19)16-5-3-2-4-6-16/h2-6,11-14,17-18,23,30H,7-10,27H2,1H3,(H,33,34). The van der Waals surface area contributed by atoms with E-state index in [4.69, 9.17) is 5.73 Å². The number of fused-ring (bicyclic) bond motifs is 1. The Balaban J connectivity index is 1.47. The summed E-state index contributed by atoms with van der Waals surface area (Å²) in [6.45, 7) is 1.52. The van der Waals surface area contributed by atoms with Crippen LogP contribution in [0.3, 0.4) is 0 Å². The molecule has 1 unspecified atom stereocenters. The number of benzene rings is 1. The minimum atomic E-state index is -0.747. The summed E-state index contributed by atoms with van der Waals surface area (Å²) in [6, 6.07) is 13.7. The molecule has 5 rings (SSSR count). The SMILES string of the molecule is CC(=O)C1=C(N)n2ncc(-c3ccc(-c4ccccc4)nc3)c2NC1C1CCC(C(=O)O)CC1. The molecule has 8 heteroatoms. The Labute approximate surface area is 197 Å². The number of carboxylic acid groups (broad SMARTS) is 1. The number of anilines is 1. The van der Waals surface area contributed by atoms with Crippen LogP contribution < -0.4 is 11.1 Å². The summed E-state index contributed by atoms with van der Waals surface area (Å²) in [5.41, 5.74) is 10.6. The van der Waals surface area contributed by atoms with E-state index in [1.54, 1.807) is 10.9 Å². The number of Topliss-reactive ketones (excluding diaryl/α,β-unsaturated/α-hetero) is 1. The predicted octanol–water partition coefficient (Wildman–Crippen LogP) is 4.01. The molecule has 0 amide bonds. The van der Waals surface area contributed by atoms with Crippen molar-refractivity contribution >= 4 is 23.4 Å². The maximum Gasteiger partial charge on any atom is 0.306 e. The van der Waals surface area contributed by atoms with Crippen molar-refractivity contribution in [1.82, 2.24) is 14.8 Å². The van der Waals surface area contributed by atoms with E-state index in [2.05, 4.69) is 15.4 Å². The molecule has 1 fully saturated rings. The van der Waals surface area contributed by atoms with E-state index in [-0.39, 0.29) is 23.7 Å². The smallest absolute Gasteiger partial charge is 0.306 e. The highest BCUT2D eigenvalue weighted by Crippen LogP contribution is 2.40. The van der Waals surface area contributed by atoms with Gasteiger partial charge in [0.05, 0.1) is 29.4 Å². The van der Waals surface area contributed by atoms with Crippen LogP contribution in [-0.2, 0) is 9.59 Å². The van der Waals surface area contributed by atoms with Gasteiger partial charge in [0.25, 0.3) is 0 Å². The first-order valence-electron chi connectivity index (χ1n) is 11.5. The van der Waals surface area contributed by atoms with Crippen LogP contribution >= 0.6 is 0 Å². The Bertz CT molecular complexity index is 1260. The fraction of sp³-hybridized carbons (Fsp3) is 0.308. The average molecular weight is 458 g/mol. The van der Waals surface area contributed by atoms with Crippen LogP contribution in [0.2, 0.25) is 0 Å². The molecule has 8 nitrogen and oxygen atoms in total. The van der Waals surface area contributed by atoms with E-state index in [0.29, 0.717) is 24.2 Å². The van der Waals surface area contributed by atoms with Gasteiger partial charge in [-0.25, -0.2) is 4.68 Å². The molecule has 174 valence electrons. The highest BCUT2D eigenvalue weighted by atomic mass is 16.4. The number of carbonyl (C=O) groups is 2. The van der Waals surface area contributed by atoms with Crippen LogP contribution in [0.5, 0.6) is 0 Å². The van der Waals surface area contributed by atoms with Gasteiger partial charge < -0.3 is 16.2 Å². The van der Waals surface area contributed by atoms with Crippen molar-refractivity contribution in [3.05, 3.63) is 60.4 Å². The number of hydrogen-bond donors (Lipinski definition) is 3. The first kappa shape index (κ1) is 21.9. The van der Waals surface area contributed by atoms with Gasteiger partial charge in [-0.1, -0.05) is 36.4 Å². The van der Waals surface area contributed by atoms with Gasteiger partial charge in [-0.15, -0.1) is 0 Å². The fourth-order valence-corrected chi connectivity index (χ4v) is 5.16. The fourth-order valence-electron chi connectivity index (χ4n) is 5.16. The van der Waals surface area contributed by atoms with Gasteiger partial charge in [-0.3, -0.25) is 14.6 Å². The lowest BCUT2D eigenvalue weighted by atomic mass is 9.75. The molecule has 0 spiro atoms. The minimum absolute atomic E-state index is 0.105. The van der Waals surface area contributed by atoms with E-state index >= 15 is 0 Å². The number of aliphatic carboxylic acids is 1. The number of pyridine rings is 1. The number of nitrogens with two attached hydrogens (primary N) is 1. The molecule has 2 aliphatic rings. The highest BCUT2D eigenvalue weighted by molar-refractivity contribution is 6.01. The van der Waals surface area contributed by atoms with Crippen LogP contribution in [0, 0.1) is 11.8 Å². The number of ketones is 1. The minimum Gasteiger partial charge on any atom is -0.481 e. The van der Waals surface area contributed by atoms with Crippen molar-refractivity contribution < 1.29 is 14.7 Å². The van der Waals surface area contributed by atoms with Crippen molar-refractivity contribution in [3.63, 3.8) is 0 Å². The Morgan fingerprint density at radius 3 is 2.38 bits per heavy atom. The average Bonchev–Trinajstić information content (AvgIpc) is 3.29. The first-order valence-corrected chi connectivity index (χ1v) is 11.5. The molecule has 1 atom stereocenters. The van der Waals surface area contributed by atoms with E-state index in [1.807, 2.05) is 48.7 Å². The van der Waals surface area contributed by atoms with Crippen molar-refractivity contribution in [1.29, 1.82) is 0 Å². The monoisotopic (exact) mass is 457 g/mol. The number of hydrogen-bond acceptors (Lipinski definition) is 6. The topological polar surface area (TPSA) is 123 Å². The number of carboxylic acids is 1. The molecule has 0 radical (unpaired) electrons. The van der Waals surface area contributed by atoms with Gasteiger partial charge in [-0.2, -0.15) is 5.10 Å². The third-order valence-electron chi connectivity index (χ3n) is 6.99. The molecule has 0 bridgehead atoms. The van der Waals surface area contributed by atoms with E-state index in [0.717, 1.165) is 41.0 Å². The third kappa shape index (κ3) is 3.85. The van der Waals surface area contributed by atoms with Crippen LogP contribution in [0.25, 0.3) is 28.2 Å². The Kier molecular flexibility index (Phi) is 5.65. The molecular formula is C26H27N5O3. The zero-order valence-corrected chi connectivity index (χ0v) is 18.9. The molecule has 1 aromatic carbocycles. The molecule has 3 heterocycles. The second-order valence-electron chi connectivity index (χ2n) is 9.04. The van der Waals surface area contributed by atoms with E-state index in [1.165, 1.54) is 6.92 Å². The zero-order valence-electron chi connectivity index (χ0n) is 18.9. The maximum atomic E-state index is 12.6. The number of nitrogens with zero attached hydrogens (tertiary/aromatic N) is 3. The number of carbonyl (C=O) groups excluding carboxylic acids is 1. The normalized spacial score (nSPS) is 22.1. The quantitative estimate of drug-likeness (QED) is 0.529. The lowest BCUT2D eigenvalue weighted by Crippen LogP contribution is -2.42. The van der Waals surface area contributed by atoms with Gasteiger partial charge in [0.15, 0.2) is 5.78 Å². The van der Waals surface area contributed by atoms with Crippen LogP contribution in [0.4, 0.5) is 5.82 Å². The molecule has 3 aromatic rings. The molecular weight excluding hydrogens is 430 g/mol. The Hall–Kier alpha value is -3.94. The lowest BCUT2D eigenvalue weighted by molar-refractivity contribution is -0.143. The Morgan fingerprint density at radius 1 is 1.03 bits per heavy atom. The summed E-state index contributed by atoms with van der Waals surface area (Å²) in [5, 5.41) is 17.3. The second kappa shape index (κ2) is 8.78. The molecule has 34 heavy (non-hydrogen) atoms. The maximum absolute atomic E-state index is 12.6. The van der Waals surface area contributed by atoms with Crippen molar-refractivity contribution in [2.24, 2.45) is 17.6 Å². The van der Waals surface area contributed by atoms with Crippen molar-refractivity contribution in [2.75, 3.05) is 5.32 Å². The number of rotatable bonds is 5. The zero-order chi connectivity index (χ0) is 23.8. The van der Waals surface area contributed by atoms with Crippen LogP contribution in [-0.4, -0.2) is 37.7 Å². The van der Waals surface area contributed by atoms with Gasteiger partial charge in [-0.05, 0) is 44.6 Å². The van der Waals surface area contributed by atoms with Crippen LogP contribution in [0.15, 0.2) is 60.4 Å². The summed E-state index contributed by atoms with van der Waals surface area (Å²) in [5.74, 6) is -0.00939. The summed E-state index contributed by atoms with van der Waals surface area (Å²) in [7, 11) is 0. The molecule has 1 aliphatic heterocycles. The van der Waals surface area contributed by atoms with E-state index in [9.17, 15) is 14.7 Å². The summed E-state index contributed by atoms with van der Waals surface area (Å²) < 4.78 is 1.58. The number of aromatic nitrogens is 3. The predicted molar refractivity (Wildman–Crippen MR) is 129 cm³/mol. The molecule has 1 saturated carbocycles. The molecule has 4 N–H and O–H groups in total. The third-order valence-corrected chi connectivity index (χ3v) is 6.99. The first-order chi connectivity index (χ1) is 16.4. The largest absolute Gasteiger partial charge is 0.481 e. The summed E-state index contributed by atoms with van der Waals surface area (Å²) in [4.78, 5) is 28.6. The highest BCUT2D eigenvalue weighted by Gasteiger charge is 2.38. The lowest BCUT2D eigenvalue weighted by Gasteiger charge is -2.37. The van der Waals surface area contributed by atoms with Crippen molar-refractivity contribution in [3.8, 4) is 22.4 Å². The van der Waals surface area contributed by atoms with Crippen LogP contribution in [0.1, 0.15) is 32.6 Å². The molecule has 0 saturated heterocycles.